The van der Waals surface area contributed by atoms with Gasteiger partial charge in [0.2, 0.25) is 0 Å². The van der Waals surface area contributed by atoms with Crippen molar-refractivity contribution in [2.45, 2.75) is 12.5 Å². The summed E-state index contributed by atoms with van der Waals surface area (Å²) in [4.78, 5) is 19.4. The van der Waals surface area contributed by atoms with E-state index in [0.29, 0.717) is 5.56 Å². The van der Waals surface area contributed by atoms with Crippen molar-refractivity contribution in [3.8, 4) is 0 Å². The summed E-state index contributed by atoms with van der Waals surface area (Å²) in [7, 11) is 0. The molecule has 7 heteroatoms. The highest BCUT2D eigenvalue weighted by Gasteiger charge is 2.15. The number of aromatic nitrogens is 3. The van der Waals surface area contributed by atoms with Gasteiger partial charge in [-0.2, -0.15) is 0 Å². The lowest BCUT2D eigenvalue weighted by molar-refractivity contribution is 0.239. The molecule has 0 radical (unpaired) electrons. The zero-order chi connectivity index (χ0) is 13.7. The number of rotatable bonds is 4. The van der Waals surface area contributed by atoms with E-state index >= 15 is 0 Å². The minimum Gasteiger partial charge on any atom is -0.330 e. The number of carbonyl (C=O) groups excluding carboxylic acids is 1. The summed E-state index contributed by atoms with van der Waals surface area (Å²) in [6, 6.07) is 0.388. The van der Waals surface area contributed by atoms with E-state index in [1.807, 2.05) is 0 Å². The van der Waals surface area contributed by atoms with Crippen LogP contribution in [0.1, 0.15) is 18.0 Å². The Morgan fingerprint density at radius 2 is 2.37 bits per heavy atom. The van der Waals surface area contributed by atoms with Crippen LogP contribution in [0.2, 0.25) is 0 Å². The van der Waals surface area contributed by atoms with Crippen LogP contribution in [-0.4, -0.2) is 26.8 Å². The number of nitrogens with one attached hydrogen (secondary N) is 2. The second-order valence-corrected chi connectivity index (χ2v) is 3.85. The number of imidazole rings is 1. The van der Waals surface area contributed by atoms with Gasteiger partial charge in [0.05, 0.1) is 12.2 Å². The Morgan fingerprint density at radius 3 is 3.00 bits per heavy atom. The molecule has 0 spiro atoms. The van der Waals surface area contributed by atoms with Gasteiger partial charge in [-0.1, -0.05) is 0 Å². The van der Waals surface area contributed by atoms with Crippen molar-refractivity contribution in [1.29, 1.82) is 5.41 Å². The van der Waals surface area contributed by atoms with Crippen LogP contribution in [0.3, 0.4) is 0 Å². The van der Waals surface area contributed by atoms with Crippen molar-refractivity contribution in [3.05, 3.63) is 48.6 Å². The minimum atomic E-state index is -0.504. The van der Waals surface area contributed by atoms with Crippen LogP contribution in [0.4, 0.5) is 9.18 Å². The first-order valence-electron chi connectivity index (χ1n) is 5.59. The predicted molar refractivity (Wildman–Crippen MR) is 66.5 cm³/mol. The molecule has 2 N–H and O–H groups in total. The number of hydrogen-bond donors (Lipinski definition) is 2. The first-order valence-corrected chi connectivity index (χ1v) is 5.59. The molecule has 0 aromatic carbocycles. The molecule has 0 saturated carbocycles. The van der Waals surface area contributed by atoms with Crippen LogP contribution >= 0.6 is 0 Å². The molecule has 19 heavy (non-hydrogen) atoms. The molecule has 0 bridgehead atoms. The van der Waals surface area contributed by atoms with E-state index in [-0.39, 0.29) is 6.42 Å². The van der Waals surface area contributed by atoms with Gasteiger partial charge in [-0.15, -0.1) is 0 Å². The summed E-state index contributed by atoms with van der Waals surface area (Å²) in [5, 5.41) is 9.84. The first-order chi connectivity index (χ1) is 9.20. The summed E-state index contributed by atoms with van der Waals surface area (Å²) in [6.45, 7) is 0. The maximum Gasteiger partial charge on any atom is 0.327 e. The summed E-state index contributed by atoms with van der Waals surface area (Å²) >= 11 is 0. The lowest BCUT2D eigenvalue weighted by atomic mass is 10.1. The number of carbonyl (C=O) groups is 1. The van der Waals surface area contributed by atoms with E-state index in [0.717, 1.165) is 12.4 Å². The molecule has 0 unspecified atom stereocenters. The standard InChI is InChI=1S/C12H12FN5O/c13-10-5-9(6-16-7-10)11(1-2-14)17-12(19)18-4-3-15-8-18/h2-8,11,14H,1H2,(H,17,19)/t11-/m0/s1. The van der Waals surface area contributed by atoms with Gasteiger partial charge in [-0.05, 0) is 17.8 Å². The molecular weight excluding hydrogens is 249 g/mol. The maximum absolute atomic E-state index is 13.1. The molecular formula is C12H12FN5O. The zero-order valence-electron chi connectivity index (χ0n) is 9.95. The molecule has 0 aliphatic heterocycles. The third-order valence-corrected chi connectivity index (χ3v) is 2.52. The van der Waals surface area contributed by atoms with Crippen LogP contribution in [0.25, 0.3) is 0 Å². The molecule has 0 aliphatic carbocycles. The van der Waals surface area contributed by atoms with E-state index in [9.17, 15) is 9.18 Å². The Hall–Kier alpha value is -2.57. The topological polar surface area (TPSA) is 83.7 Å². The van der Waals surface area contributed by atoms with Crippen LogP contribution in [0.15, 0.2) is 37.2 Å². The highest BCUT2D eigenvalue weighted by molar-refractivity contribution is 5.77. The Morgan fingerprint density at radius 1 is 1.53 bits per heavy atom. The highest BCUT2D eigenvalue weighted by Crippen LogP contribution is 2.15. The number of amides is 1. The van der Waals surface area contributed by atoms with E-state index in [1.165, 1.54) is 35.6 Å². The largest absolute Gasteiger partial charge is 0.330 e. The summed E-state index contributed by atoms with van der Waals surface area (Å²) in [5.74, 6) is -0.482. The van der Waals surface area contributed by atoms with E-state index in [4.69, 9.17) is 5.41 Å². The summed E-state index contributed by atoms with van der Waals surface area (Å²) in [5.41, 5.74) is 0.511. The molecule has 1 atom stereocenters. The second kappa shape index (κ2) is 5.85. The van der Waals surface area contributed by atoms with Gasteiger partial charge in [0, 0.05) is 25.0 Å². The Bertz CT molecular complexity index is 569. The van der Waals surface area contributed by atoms with Crippen molar-refractivity contribution in [3.63, 3.8) is 0 Å². The average Bonchev–Trinajstić information content (AvgIpc) is 2.92. The van der Waals surface area contributed by atoms with Gasteiger partial charge in [-0.3, -0.25) is 9.55 Å². The molecule has 0 saturated heterocycles. The van der Waals surface area contributed by atoms with Gasteiger partial charge >= 0.3 is 6.03 Å². The first kappa shape index (κ1) is 12.9. The number of halogens is 1. The maximum atomic E-state index is 13.1. The third kappa shape index (κ3) is 3.21. The lowest BCUT2D eigenvalue weighted by Gasteiger charge is -2.17. The van der Waals surface area contributed by atoms with Crippen molar-refractivity contribution >= 4 is 12.2 Å². The van der Waals surface area contributed by atoms with Crippen molar-refractivity contribution in [1.82, 2.24) is 19.9 Å². The summed E-state index contributed by atoms with van der Waals surface area (Å²) < 4.78 is 14.4. The zero-order valence-corrected chi connectivity index (χ0v) is 9.95. The third-order valence-electron chi connectivity index (χ3n) is 2.52. The lowest BCUT2D eigenvalue weighted by Crippen LogP contribution is -2.32. The molecule has 2 aromatic heterocycles. The van der Waals surface area contributed by atoms with Gasteiger partial charge in [0.1, 0.15) is 12.1 Å². The molecule has 2 aromatic rings. The molecule has 0 fully saturated rings. The molecule has 98 valence electrons. The number of hydrogen-bond acceptors (Lipinski definition) is 4. The number of pyridine rings is 1. The molecule has 1 amide bonds. The fourth-order valence-electron chi connectivity index (χ4n) is 1.62. The van der Waals surface area contributed by atoms with Crippen molar-refractivity contribution < 1.29 is 9.18 Å². The highest BCUT2D eigenvalue weighted by atomic mass is 19.1. The van der Waals surface area contributed by atoms with Crippen LogP contribution in [0.5, 0.6) is 0 Å². The molecule has 6 nitrogen and oxygen atoms in total. The Balaban J connectivity index is 2.16. The predicted octanol–water partition coefficient (Wildman–Crippen LogP) is 1.76. The molecule has 2 rings (SSSR count). The van der Waals surface area contributed by atoms with Crippen LogP contribution < -0.4 is 5.32 Å². The monoisotopic (exact) mass is 261 g/mol. The smallest absolute Gasteiger partial charge is 0.327 e. The Kier molecular flexibility index (Phi) is 3.97. The van der Waals surface area contributed by atoms with Gasteiger partial charge < -0.3 is 10.7 Å². The van der Waals surface area contributed by atoms with Gasteiger partial charge in [0.25, 0.3) is 0 Å². The molecule has 2 heterocycles. The fraction of sp³-hybridized carbons (Fsp3) is 0.167. The van der Waals surface area contributed by atoms with Gasteiger partial charge in [-0.25, -0.2) is 14.2 Å². The van der Waals surface area contributed by atoms with E-state index in [2.05, 4.69) is 15.3 Å². The van der Waals surface area contributed by atoms with E-state index < -0.39 is 17.9 Å². The second-order valence-electron chi connectivity index (χ2n) is 3.85. The molecule has 0 aliphatic rings. The van der Waals surface area contributed by atoms with Crippen molar-refractivity contribution in [2.24, 2.45) is 0 Å². The normalized spacial score (nSPS) is 11.8. The van der Waals surface area contributed by atoms with Crippen molar-refractivity contribution in [2.75, 3.05) is 0 Å². The average molecular weight is 261 g/mol. The number of nitrogens with zero attached hydrogens (tertiary/aromatic N) is 3. The van der Waals surface area contributed by atoms with Crippen LogP contribution in [-0.2, 0) is 0 Å². The SMILES string of the molecule is N=CC[C@H](NC(=O)n1ccnc1)c1cncc(F)c1. The fourth-order valence-corrected chi connectivity index (χ4v) is 1.62. The Labute approximate surface area is 108 Å². The minimum absolute atomic E-state index is 0.256. The summed E-state index contributed by atoms with van der Waals surface area (Å²) in [6.07, 6.45) is 8.31. The van der Waals surface area contributed by atoms with E-state index in [1.54, 1.807) is 0 Å². The van der Waals surface area contributed by atoms with Crippen LogP contribution in [0, 0.1) is 11.2 Å². The quantitative estimate of drug-likeness (QED) is 0.822. The van der Waals surface area contributed by atoms with Gasteiger partial charge in [0.15, 0.2) is 0 Å².